The predicted molar refractivity (Wildman–Crippen MR) is 130 cm³/mol. The molecule has 1 aromatic heterocycles. The summed E-state index contributed by atoms with van der Waals surface area (Å²) in [6.07, 6.45) is 0. The summed E-state index contributed by atoms with van der Waals surface area (Å²) in [6.45, 7) is -0.377. The molecule has 3 aromatic carbocycles. The number of rotatable bonds is 8. The van der Waals surface area contributed by atoms with Crippen molar-refractivity contribution in [3.05, 3.63) is 66.7 Å². The zero-order valence-electron chi connectivity index (χ0n) is 18.9. The molecule has 0 aliphatic carbocycles. The molecule has 0 atom stereocenters. The summed E-state index contributed by atoms with van der Waals surface area (Å²) in [5.41, 5.74) is 2.55. The molecule has 4 rings (SSSR count). The van der Waals surface area contributed by atoms with Gasteiger partial charge in [0.05, 0.1) is 36.7 Å². The first kappa shape index (κ1) is 23.3. The zero-order chi connectivity index (χ0) is 24.3. The number of imidazole rings is 1. The second-order valence-electron chi connectivity index (χ2n) is 7.54. The van der Waals surface area contributed by atoms with Gasteiger partial charge in [0.25, 0.3) is 0 Å². The Hall–Kier alpha value is -3.89. The van der Waals surface area contributed by atoms with E-state index in [2.05, 4.69) is 15.3 Å². The number of nitrogens with zero attached hydrogens (tertiary/aromatic N) is 2. The lowest BCUT2D eigenvalue weighted by Gasteiger charge is -2.17. The van der Waals surface area contributed by atoms with Crippen LogP contribution < -0.4 is 14.8 Å². The molecule has 176 valence electrons. The van der Waals surface area contributed by atoms with Crippen LogP contribution in [-0.2, 0) is 14.8 Å². The number of H-pyrrole nitrogens is 1. The van der Waals surface area contributed by atoms with Crippen molar-refractivity contribution in [3.8, 4) is 22.9 Å². The minimum absolute atomic E-state index is 0.0570. The molecule has 4 aromatic rings. The number of benzene rings is 3. The lowest BCUT2D eigenvalue weighted by atomic mass is 10.2. The van der Waals surface area contributed by atoms with Crippen molar-refractivity contribution >= 4 is 32.7 Å². The van der Waals surface area contributed by atoms with Crippen molar-refractivity contribution in [2.75, 3.05) is 33.1 Å². The van der Waals surface area contributed by atoms with Crippen molar-refractivity contribution in [2.24, 2.45) is 0 Å². The number of amides is 1. The van der Waals surface area contributed by atoms with E-state index in [1.165, 1.54) is 33.4 Å². The van der Waals surface area contributed by atoms with E-state index >= 15 is 0 Å². The number of ether oxygens (including phenoxy) is 2. The number of methoxy groups -OCH3 is 2. The third-order valence-electron chi connectivity index (χ3n) is 5.21. The molecular formula is C24H24N4O5S. The van der Waals surface area contributed by atoms with Gasteiger partial charge in [0.1, 0.15) is 17.3 Å². The highest BCUT2D eigenvalue weighted by Gasteiger charge is 2.24. The number of fused-ring (bicyclic) bond motifs is 1. The summed E-state index contributed by atoms with van der Waals surface area (Å²) in [4.78, 5) is 20.3. The summed E-state index contributed by atoms with van der Waals surface area (Å²) in [7, 11) is 0.431. The third kappa shape index (κ3) is 4.87. The van der Waals surface area contributed by atoms with Gasteiger partial charge in [-0.3, -0.25) is 4.79 Å². The average Bonchev–Trinajstić information content (AvgIpc) is 3.27. The van der Waals surface area contributed by atoms with Gasteiger partial charge in [0, 0.05) is 36.5 Å². The van der Waals surface area contributed by atoms with Crippen LogP contribution in [0.2, 0.25) is 0 Å². The summed E-state index contributed by atoms with van der Waals surface area (Å²) >= 11 is 0. The first-order valence-electron chi connectivity index (χ1n) is 10.3. The zero-order valence-corrected chi connectivity index (χ0v) is 19.7. The highest BCUT2D eigenvalue weighted by molar-refractivity contribution is 7.89. The van der Waals surface area contributed by atoms with Gasteiger partial charge < -0.3 is 19.8 Å². The lowest BCUT2D eigenvalue weighted by molar-refractivity contribution is -0.116. The van der Waals surface area contributed by atoms with E-state index in [4.69, 9.17) is 9.47 Å². The monoisotopic (exact) mass is 480 g/mol. The predicted octanol–water partition coefficient (Wildman–Crippen LogP) is 3.51. The number of anilines is 1. The maximum atomic E-state index is 13.1. The van der Waals surface area contributed by atoms with Crippen LogP contribution in [-0.4, -0.2) is 56.4 Å². The smallest absolute Gasteiger partial charge is 0.243 e. The van der Waals surface area contributed by atoms with E-state index < -0.39 is 15.9 Å². The molecule has 0 aliphatic rings. The number of aromatic nitrogens is 2. The highest BCUT2D eigenvalue weighted by Crippen LogP contribution is 2.26. The standard InChI is InChI=1S/C24H24N4O5S/c1-28(15-23(29)25-17-11-18(32-2)13-19(12-17)33-3)34(30,31)20-9-10-21-22(14-20)27-24(26-21)16-7-5-4-6-8-16/h4-14H,15H2,1-3H3,(H,25,29)(H,26,27). The second-order valence-corrected chi connectivity index (χ2v) is 9.59. The van der Waals surface area contributed by atoms with Crippen LogP contribution in [0.15, 0.2) is 71.6 Å². The highest BCUT2D eigenvalue weighted by atomic mass is 32.2. The second kappa shape index (κ2) is 9.54. The Balaban J connectivity index is 1.51. The number of likely N-dealkylation sites (N-methyl/N-ethyl adjacent to an activating group) is 1. The van der Waals surface area contributed by atoms with Crippen LogP contribution in [0.5, 0.6) is 11.5 Å². The number of carbonyl (C=O) groups is 1. The fraction of sp³-hybridized carbons (Fsp3) is 0.167. The Bertz CT molecular complexity index is 1410. The normalized spacial score (nSPS) is 11.5. The van der Waals surface area contributed by atoms with Crippen LogP contribution in [0.1, 0.15) is 0 Å². The quantitative estimate of drug-likeness (QED) is 0.399. The Morgan fingerprint density at radius 2 is 1.68 bits per heavy atom. The van der Waals surface area contributed by atoms with Crippen molar-refractivity contribution in [1.82, 2.24) is 14.3 Å². The summed E-state index contributed by atoms with van der Waals surface area (Å²) in [5.74, 6) is 1.14. The van der Waals surface area contributed by atoms with E-state index in [1.807, 2.05) is 30.3 Å². The molecule has 1 amide bonds. The molecule has 0 bridgehead atoms. The molecule has 10 heteroatoms. The molecule has 34 heavy (non-hydrogen) atoms. The van der Waals surface area contributed by atoms with Gasteiger partial charge in [0.2, 0.25) is 15.9 Å². The van der Waals surface area contributed by atoms with Gasteiger partial charge in [-0.25, -0.2) is 13.4 Å². The minimum atomic E-state index is -3.92. The number of aromatic amines is 1. The van der Waals surface area contributed by atoms with Crippen LogP contribution in [0, 0.1) is 0 Å². The molecule has 0 saturated heterocycles. The van der Waals surface area contributed by atoms with Gasteiger partial charge >= 0.3 is 0 Å². The Labute approximate surface area is 197 Å². The van der Waals surface area contributed by atoms with E-state index in [9.17, 15) is 13.2 Å². The molecule has 0 spiro atoms. The molecule has 0 aliphatic heterocycles. The molecule has 0 radical (unpaired) electrons. The van der Waals surface area contributed by atoms with E-state index in [1.54, 1.807) is 24.3 Å². The molecule has 2 N–H and O–H groups in total. The topological polar surface area (TPSA) is 114 Å². The van der Waals surface area contributed by atoms with E-state index in [0.29, 0.717) is 34.0 Å². The van der Waals surface area contributed by atoms with Crippen molar-refractivity contribution in [1.29, 1.82) is 0 Å². The number of sulfonamides is 1. The number of nitrogens with one attached hydrogen (secondary N) is 2. The van der Waals surface area contributed by atoms with Crippen molar-refractivity contribution < 1.29 is 22.7 Å². The number of hydrogen-bond acceptors (Lipinski definition) is 6. The minimum Gasteiger partial charge on any atom is -0.497 e. The van der Waals surface area contributed by atoms with Gasteiger partial charge in [-0.05, 0) is 18.2 Å². The molecule has 1 heterocycles. The van der Waals surface area contributed by atoms with Gasteiger partial charge in [0.15, 0.2) is 0 Å². The van der Waals surface area contributed by atoms with Crippen LogP contribution in [0.25, 0.3) is 22.4 Å². The third-order valence-corrected chi connectivity index (χ3v) is 7.01. The van der Waals surface area contributed by atoms with Crippen LogP contribution >= 0.6 is 0 Å². The molecular weight excluding hydrogens is 456 g/mol. The van der Waals surface area contributed by atoms with Crippen LogP contribution in [0.3, 0.4) is 0 Å². The van der Waals surface area contributed by atoms with E-state index in [0.717, 1.165) is 9.87 Å². The largest absolute Gasteiger partial charge is 0.497 e. The SMILES string of the molecule is COc1cc(NC(=O)CN(C)S(=O)(=O)c2ccc3nc(-c4ccccc4)[nH]c3c2)cc(OC)c1. The molecule has 0 fully saturated rings. The Morgan fingerprint density at radius 1 is 1.00 bits per heavy atom. The fourth-order valence-corrected chi connectivity index (χ4v) is 4.58. The maximum Gasteiger partial charge on any atom is 0.243 e. The summed E-state index contributed by atoms with van der Waals surface area (Å²) < 4.78 is 37.6. The summed E-state index contributed by atoms with van der Waals surface area (Å²) in [6, 6.07) is 19.1. The fourth-order valence-electron chi connectivity index (χ4n) is 3.43. The Morgan fingerprint density at radius 3 is 2.32 bits per heavy atom. The maximum absolute atomic E-state index is 13.1. The number of hydrogen-bond donors (Lipinski definition) is 2. The molecule has 9 nitrogen and oxygen atoms in total. The van der Waals surface area contributed by atoms with Crippen molar-refractivity contribution in [3.63, 3.8) is 0 Å². The lowest BCUT2D eigenvalue weighted by Crippen LogP contribution is -2.35. The molecule has 0 saturated carbocycles. The average molecular weight is 481 g/mol. The van der Waals surface area contributed by atoms with Crippen molar-refractivity contribution in [2.45, 2.75) is 4.90 Å². The van der Waals surface area contributed by atoms with Crippen LogP contribution in [0.4, 0.5) is 5.69 Å². The Kier molecular flexibility index (Phi) is 6.53. The van der Waals surface area contributed by atoms with Gasteiger partial charge in [-0.15, -0.1) is 0 Å². The summed E-state index contributed by atoms with van der Waals surface area (Å²) in [5, 5.41) is 2.68. The van der Waals surface area contributed by atoms with Gasteiger partial charge in [-0.1, -0.05) is 30.3 Å². The first-order valence-corrected chi connectivity index (χ1v) is 11.8. The first-order chi connectivity index (χ1) is 16.3. The van der Waals surface area contributed by atoms with Gasteiger partial charge in [-0.2, -0.15) is 4.31 Å². The molecule has 0 unspecified atom stereocenters. The van der Waals surface area contributed by atoms with E-state index in [-0.39, 0.29) is 11.4 Å². The number of carbonyl (C=O) groups excluding carboxylic acids is 1.